The van der Waals surface area contributed by atoms with E-state index in [0.29, 0.717) is 36.6 Å². The molecule has 3 aromatic rings. The zero-order chi connectivity index (χ0) is 23.4. The molecule has 3 aromatic carbocycles. The number of nitro benzene ring substituents is 1. The monoisotopic (exact) mass is 527 g/mol. The minimum Gasteiger partial charge on any atom is -0.495 e. The van der Waals surface area contributed by atoms with Gasteiger partial charge in [0.1, 0.15) is 5.75 Å². The van der Waals surface area contributed by atoms with Crippen molar-refractivity contribution >= 4 is 45.0 Å². The molecule has 0 aromatic heterocycles. The van der Waals surface area contributed by atoms with Crippen LogP contribution in [0.1, 0.15) is 10.4 Å². The predicted octanol–water partition coefficient (Wildman–Crippen LogP) is 5.48. The fraction of sp³-hybridized carbons (Fsp3) is 0.208. The van der Waals surface area contributed by atoms with Gasteiger partial charge < -0.3 is 14.5 Å². The Labute approximate surface area is 204 Å². The summed E-state index contributed by atoms with van der Waals surface area (Å²) in [5.41, 5.74) is 1.26. The van der Waals surface area contributed by atoms with Crippen molar-refractivity contribution in [3.63, 3.8) is 0 Å². The summed E-state index contributed by atoms with van der Waals surface area (Å²) in [7, 11) is 1.64. The van der Waals surface area contributed by atoms with Gasteiger partial charge in [0.05, 0.1) is 22.6 Å². The number of ether oxygens (including phenoxy) is 1. The quantitative estimate of drug-likeness (QED) is 0.312. The van der Waals surface area contributed by atoms with Gasteiger partial charge in [0, 0.05) is 47.2 Å². The van der Waals surface area contributed by atoms with Crippen LogP contribution in [-0.2, 0) is 0 Å². The summed E-state index contributed by atoms with van der Waals surface area (Å²) in [4.78, 5) is 29.7. The number of nitrogens with zero attached hydrogens (tertiary/aromatic N) is 3. The molecular weight excluding hydrogens is 506 g/mol. The summed E-state index contributed by atoms with van der Waals surface area (Å²) in [5.74, 6) is 0.602. The Balaban J connectivity index is 1.47. The van der Waals surface area contributed by atoms with Crippen LogP contribution >= 0.6 is 27.7 Å². The highest BCUT2D eigenvalue weighted by atomic mass is 79.9. The van der Waals surface area contributed by atoms with Gasteiger partial charge in [0.2, 0.25) is 0 Å². The average Bonchev–Trinajstić information content (AvgIpc) is 2.85. The highest BCUT2D eigenvalue weighted by Gasteiger charge is 2.26. The van der Waals surface area contributed by atoms with E-state index in [1.54, 1.807) is 24.1 Å². The van der Waals surface area contributed by atoms with Crippen LogP contribution < -0.4 is 9.64 Å². The van der Waals surface area contributed by atoms with Crippen molar-refractivity contribution in [2.45, 2.75) is 9.79 Å². The fourth-order valence-corrected chi connectivity index (χ4v) is 4.90. The summed E-state index contributed by atoms with van der Waals surface area (Å²) in [6, 6.07) is 20.1. The number of nitro groups is 1. The van der Waals surface area contributed by atoms with Gasteiger partial charge in [-0.1, -0.05) is 39.8 Å². The van der Waals surface area contributed by atoms with Crippen LogP contribution in [0.3, 0.4) is 0 Å². The Morgan fingerprint density at radius 1 is 1.03 bits per heavy atom. The maximum Gasteiger partial charge on any atom is 0.284 e. The number of methoxy groups -OCH3 is 1. The lowest BCUT2D eigenvalue weighted by atomic mass is 10.1. The lowest BCUT2D eigenvalue weighted by Gasteiger charge is -2.36. The van der Waals surface area contributed by atoms with Crippen molar-refractivity contribution in [3.05, 3.63) is 86.9 Å². The third kappa shape index (κ3) is 5.31. The van der Waals surface area contributed by atoms with Gasteiger partial charge in [-0.3, -0.25) is 14.9 Å². The van der Waals surface area contributed by atoms with Gasteiger partial charge in [-0.2, -0.15) is 0 Å². The van der Waals surface area contributed by atoms with E-state index < -0.39 is 4.92 Å². The minimum absolute atomic E-state index is 0.0681. The fourth-order valence-electron chi connectivity index (χ4n) is 3.73. The molecule has 0 N–H and O–H groups in total. The second-order valence-corrected chi connectivity index (χ2v) is 9.48. The zero-order valence-electron chi connectivity index (χ0n) is 17.9. The number of hydrogen-bond donors (Lipinski definition) is 0. The Hall–Kier alpha value is -3.04. The van der Waals surface area contributed by atoms with Crippen molar-refractivity contribution < 1.29 is 14.5 Å². The van der Waals surface area contributed by atoms with E-state index in [0.717, 1.165) is 20.8 Å². The van der Waals surface area contributed by atoms with E-state index in [-0.39, 0.29) is 11.6 Å². The second-order valence-electron chi connectivity index (χ2n) is 7.45. The van der Waals surface area contributed by atoms with Crippen molar-refractivity contribution in [2.75, 3.05) is 38.2 Å². The Kier molecular flexibility index (Phi) is 7.20. The van der Waals surface area contributed by atoms with Crippen LogP contribution in [0.15, 0.2) is 81.0 Å². The first-order chi connectivity index (χ1) is 16.0. The largest absolute Gasteiger partial charge is 0.495 e. The molecule has 33 heavy (non-hydrogen) atoms. The van der Waals surface area contributed by atoms with Crippen LogP contribution in [0.5, 0.6) is 5.75 Å². The van der Waals surface area contributed by atoms with Gasteiger partial charge in [-0.15, -0.1) is 0 Å². The number of para-hydroxylation sites is 2. The van der Waals surface area contributed by atoms with E-state index in [1.807, 2.05) is 48.5 Å². The van der Waals surface area contributed by atoms with E-state index in [2.05, 4.69) is 20.8 Å². The topological polar surface area (TPSA) is 75.9 Å². The number of anilines is 1. The van der Waals surface area contributed by atoms with E-state index in [4.69, 9.17) is 4.74 Å². The number of piperazine rings is 1. The normalized spacial score (nSPS) is 13.6. The number of rotatable bonds is 6. The summed E-state index contributed by atoms with van der Waals surface area (Å²) in [6.07, 6.45) is 0. The van der Waals surface area contributed by atoms with E-state index in [9.17, 15) is 14.9 Å². The molecule has 0 spiro atoms. The Bertz CT molecular complexity index is 1160. The molecule has 7 nitrogen and oxygen atoms in total. The van der Waals surface area contributed by atoms with Crippen molar-refractivity contribution in [1.29, 1.82) is 0 Å². The first kappa shape index (κ1) is 23.1. The first-order valence-corrected chi connectivity index (χ1v) is 12.0. The standard InChI is InChI=1S/C24H22BrN3O4S/c1-32-22-5-3-2-4-20(22)26-12-14-27(15-13-26)24(29)17-6-11-23(21(16-17)28(30)31)33-19-9-7-18(25)8-10-19/h2-11,16H,12-15H2,1H3. The molecule has 0 aliphatic carbocycles. The van der Waals surface area contributed by atoms with Crippen molar-refractivity contribution in [3.8, 4) is 5.75 Å². The van der Waals surface area contributed by atoms with Gasteiger partial charge in [0.15, 0.2) is 0 Å². The molecule has 1 aliphatic heterocycles. The van der Waals surface area contributed by atoms with Gasteiger partial charge in [-0.05, 0) is 48.5 Å². The lowest BCUT2D eigenvalue weighted by Crippen LogP contribution is -2.48. The maximum atomic E-state index is 13.1. The highest BCUT2D eigenvalue weighted by molar-refractivity contribution is 9.10. The molecule has 4 rings (SSSR count). The highest BCUT2D eigenvalue weighted by Crippen LogP contribution is 2.36. The summed E-state index contributed by atoms with van der Waals surface area (Å²) >= 11 is 4.69. The molecule has 0 saturated carbocycles. The third-order valence-electron chi connectivity index (χ3n) is 5.44. The number of benzene rings is 3. The molecule has 1 fully saturated rings. The molecular formula is C24H22BrN3O4S. The Morgan fingerprint density at radius 2 is 1.73 bits per heavy atom. The number of hydrogen-bond acceptors (Lipinski definition) is 6. The Morgan fingerprint density at radius 3 is 2.39 bits per heavy atom. The van der Waals surface area contributed by atoms with Crippen LogP contribution in [0.25, 0.3) is 0 Å². The molecule has 1 aliphatic rings. The molecule has 1 heterocycles. The van der Waals surface area contributed by atoms with Gasteiger partial charge in [0.25, 0.3) is 11.6 Å². The molecule has 0 unspecified atom stereocenters. The smallest absolute Gasteiger partial charge is 0.284 e. The van der Waals surface area contributed by atoms with E-state index in [1.165, 1.54) is 17.8 Å². The summed E-state index contributed by atoms with van der Waals surface area (Å²) in [6.45, 7) is 2.37. The lowest BCUT2D eigenvalue weighted by molar-refractivity contribution is -0.387. The molecule has 0 radical (unpaired) electrons. The van der Waals surface area contributed by atoms with Crippen LogP contribution in [-0.4, -0.2) is 49.0 Å². The molecule has 1 amide bonds. The van der Waals surface area contributed by atoms with Gasteiger partial charge in [-0.25, -0.2) is 0 Å². The summed E-state index contributed by atoms with van der Waals surface area (Å²) < 4.78 is 6.39. The number of carbonyl (C=O) groups excluding carboxylic acids is 1. The maximum absolute atomic E-state index is 13.1. The van der Waals surface area contributed by atoms with Crippen molar-refractivity contribution in [1.82, 2.24) is 4.90 Å². The molecule has 170 valence electrons. The zero-order valence-corrected chi connectivity index (χ0v) is 20.3. The first-order valence-electron chi connectivity index (χ1n) is 10.4. The van der Waals surface area contributed by atoms with Gasteiger partial charge >= 0.3 is 0 Å². The van der Waals surface area contributed by atoms with E-state index >= 15 is 0 Å². The molecule has 0 atom stereocenters. The number of carbonyl (C=O) groups is 1. The van der Waals surface area contributed by atoms with Crippen molar-refractivity contribution in [2.24, 2.45) is 0 Å². The molecule has 1 saturated heterocycles. The molecule has 0 bridgehead atoms. The second kappa shape index (κ2) is 10.3. The predicted molar refractivity (Wildman–Crippen MR) is 132 cm³/mol. The average molecular weight is 528 g/mol. The third-order valence-corrected chi connectivity index (χ3v) is 7.04. The van der Waals surface area contributed by atoms with Crippen LogP contribution in [0, 0.1) is 10.1 Å². The SMILES string of the molecule is COc1ccccc1N1CCN(C(=O)c2ccc(Sc3ccc(Br)cc3)c([N+](=O)[O-])c2)CC1. The van der Waals surface area contributed by atoms with Crippen LogP contribution in [0.4, 0.5) is 11.4 Å². The van der Waals surface area contributed by atoms with Crippen LogP contribution in [0.2, 0.25) is 0 Å². The number of amides is 1. The molecule has 9 heteroatoms. The number of halogens is 1. The minimum atomic E-state index is -0.433. The summed E-state index contributed by atoms with van der Waals surface area (Å²) in [5, 5.41) is 11.7.